The van der Waals surface area contributed by atoms with E-state index in [2.05, 4.69) is 5.10 Å². The molecule has 0 aliphatic carbocycles. The molecular weight excluding hydrogens is 274 g/mol. The zero-order chi connectivity index (χ0) is 13.8. The van der Waals surface area contributed by atoms with Gasteiger partial charge in [0.1, 0.15) is 11.0 Å². The summed E-state index contributed by atoms with van der Waals surface area (Å²) in [6.07, 6.45) is 2.44. The van der Waals surface area contributed by atoms with E-state index in [0.717, 1.165) is 5.01 Å². The highest BCUT2D eigenvalue weighted by Crippen LogP contribution is 2.16. The number of hydrogen-bond acceptors (Lipinski definition) is 7. The average molecular weight is 285 g/mol. The second kappa shape index (κ2) is 5.74. The van der Waals surface area contributed by atoms with Crippen molar-refractivity contribution in [2.24, 2.45) is 5.10 Å². The molecular formula is C10H11N3O5S. The highest BCUT2D eigenvalue weighted by atomic mass is 32.2. The van der Waals surface area contributed by atoms with Gasteiger partial charge in [0, 0.05) is 5.75 Å². The molecule has 1 aromatic heterocycles. The van der Waals surface area contributed by atoms with Crippen LogP contribution >= 0.6 is 11.8 Å². The minimum Gasteiger partial charge on any atom is -0.442 e. The van der Waals surface area contributed by atoms with E-state index < -0.39 is 11.0 Å². The Bertz CT molecular complexity index is 515. The predicted molar refractivity (Wildman–Crippen MR) is 68.3 cm³/mol. The molecule has 2 heterocycles. The molecule has 0 aromatic carbocycles. The van der Waals surface area contributed by atoms with Crippen LogP contribution < -0.4 is 0 Å². The van der Waals surface area contributed by atoms with Crippen LogP contribution in [0.4, 0.5) is 10.7 Å². The van der Waals surface area contributed by atoms with E-state index >= 15 is 0 Å². The fourth-order valence-electron chi connectivity index (χ4n) is 1.51. The highest BCUT2D eigenvalue weighted by molar-refractivity contribution is 7.98. The normalized spacial score (nSPS) is 19.1. The summed E-state index contributed by atoms with van der Waals surface area (Å²) in [5.74, 6) is 0.530. The maximum absolute atomic E-state index is 11.4. The number of thioether (sulfide) groups is 1. The molecule has 1 saturated heterocycles. The molecule has 102 valence electrons. The summed E-state index contributed by atoms with van der Waals surface area (Å²) in [6.45, 7) is 0.360. The number of ether oxygens (including phenoxy) is 1. The highest BCUT2D eigenvalue weighted by Gasteiger charge is 2.30. The van der Waals surface area contributed by atoms with Gasteiger partial charge in [-0.1, -0.05) is 0 Å². The predicted octanol–water partition coefficient (Wildman–Crippen LogP) is 1.71. The third-order valence-electron chi connectivity index (χ3n) is 2.32. The van der Waals surface area contributed by atoms with Gasteiger partial charge < -0.3 is 9.15 Å². The van der Waals surface area contributed by atoms with Crippen molar-refractivity contribution in [3.05, 3.63) is 28.0 Å². The molecule has 1 atom stereocenters. The van der Waals surface area contributed by atoms with Crippen molar-refractivity contribution in [2.75, 3.05) is 18.6 Å². The van der Waals surface area contributed by atoms with Crippen LogP contribution in [-0.2, 0) is 4.74 Å². The Morgan fingerprint density at radius 2 is 2.47 bits per heavy atom. The maximum Gasteiger partial charge on any atom is 0.433 e. The van der Waals surface area contributed by atoms with Gasteiger partial charge >= 0.3 is 12.0 Å². The lowest BCUT2D eigenvalue weighted by atomic mass is 10.4. The number of amides is 1. The summed E-state index contributed by atoms with van der Waals surface area (Å²) in [6, 6.07) is 2.63. The fourth-order valence-corrected chi connectivity index (χ4v) is 2.06. The molecule has 0 radical (unpaired) electrons. The first kappa shape index (κ1) is 13.4. The lowest BCUT2D eigenvalue weighted by Crippen LogP contribution is -2.19. The van der Waals surface area contributed by atoms with E-state index in [1.807, 2.05) is 6.26 Å². The van der Waals surface area contributed by atoms with Gasteiger partial charge in [-0.2, -0.15) is 21.9 Å². The minimum atomic E-state index is -0.643. The average Bonchev–Trinajstić information content (AvgIpc) is 2.94. The molecule has 1 aliphatic rings. The lowest BCUT2D eigenvalue weighted by Gasteiger charge is -2.04. The van der Waals surface area contributed by atoms with Crippen LogP contribution in [0.25, 0.3) is 0 Å². The Morgan fingerprint density at radius 3 is 3.11 bits per heavy atom. The van der Waals surface area contributed by atoms with Crippen LogP contribution in [0.1, 0.15) is 5.76 Å². The summed E-state index contributed by atoms with van der Waals surface area (Å²) in [7, 11) is 0. The topological polar surface area (TPSA) is 98.2 Å². The first-order valence-corrected chi connectivity index (χ1v) is 6.75. The van der Waals surface area contributed by atoms with Crippen molar-refractivity contribution in [1.82, 2.24) is 5.01 Å². The molecule has 19 heavy (non-hydrogen) atoms. The second-order valence-corrected chi connectivity index (χ2v) is 4.63. The molecule has 0 spiro atoms. The van der Waals surface area contributed by atoms with E-state index in [4.69, 9.17) is 9.15 Å². The zero-order valence-corrected chi connectivity index (χ0v) is 10.8. The number of carbonyl (C=O) groups excluding carboxylic acids is 1. The Hall–Kier alpha value is -2.03. The molecule has 1 fully saturated rings. The number of hydrazone groups is 1. The van der Waals surface area contributed by atoms with Crippen LogP contribution in [-0.4, -0.2) is 46.9 Å². The molecule has 2 rings (SSSR count). The number of hydrogen-bond donors (Lipinski definition) is 0. The summed E-state index contributed by atoms with van der Waals surface area (Å²) >= 11 is 1.57. The summed E-state index contributed by atoms with van der Waals surface area (Å²) in [5, 5.41) is 15.5. The van der Waals surface area contributed by atoms with Gasteiger partial charge in [0.2, 0.25) is 0 Å². The Morgan fingerprint density at radius 1 is 1.68 bits per heavy atom. The molecule has 8 nitrogen and oxygen atoms in total. The minimum absolute atomic E-state index is 0.189. The smallest absolute Gasteiger partial charge is 0.433 e. The van der Waals surface area contributed by atoms with Gasteiger partial charge in [-0.15, -0.1) is 0 Å². The van der Waals surface area contributed by atoms with Gasteiger partial charge in [-0.3, -0.25) is 10.1 Å². The van der Waals surface area contributed by atoms with Crippen molar-refractivity contribution in [3.8, 4) is 0 Å². The van der Waals surface area contributed by atoms with Crippen molar-refractivity contribution in [3.63, 3.8) is 0 Å². The van der Waals surface area contributed by atoms with E-state index in [9.17, 15) is 14.9 Å². The van der Waals surface area contributed by atoms with Crippen LogP contribution in [0.2, 0.25) is 0 Å². The Kier molecular flexibility index (Phi) is 4.05. The van der Waals surface area contributed by atoms with E-state index in [1.165, 1.54) is 18.3 Å². The van der Waals surface area contributed by atoms with Crippen LogP contribution in [0.3, 0.4) is 0 Å². The molecule has 9 heteroatoms. The molecule has 1 amide bonds. The number of carbonyl (C=O) groups is 1. The molecule has 0 N–H and O–H groups in total. The Balaban J connectivity index is 1.98. The van der Waals surface area contributed by atoms with Gasteiger partial charge in [-0.05, 0) is 12.3 Å². The van der Waals surface area contributed by atoms with Crippen LogP contribution in [0, 0.1) is 10.1 Å². The largest absolute Gasteiger partial charge is 0.442 e. The zero-order valence-electron chi connectivity index (χ0n) is 10.0. The van der Waals surface area contributed by atoms with E-state index in [-0.39, 0.29) is 17.7 Å². The maximum atomic E-state index is 11.4. The number of nitro groups is 1. The quantitative estimate of drug-likeness (QED) is 0.464. The third kappa shape index (κ3) is 3.25. The van der Waals surface area contributed by atoms with Crippen LogP contribution in [0.5, 0.6) is 0 Å². The van der Waals surface area contributed by atoms with E-state index in [1.54, 1.807) is 11.8 Å². The SMILES string of the molecule is CSCC1CN(N=Cc2ccc([N+](=O)[O-])o2)C(=O)O1. The van der Waals surface area contributed by atoms with Gasteiger partial charge in [0.25, 0.3) is 0 Å². The van der Waals surface area contributed by atoms with Crippen molar-refractivity contribution in [1.29, 1.82) is 0 Å². The molecule has 0 bridgehead atoms. The number of rotatable bonds is 5. The summed E-state index contributed by atoms with van der Waals surface area (Å²) < 4.78 is 9.94. The summed E-state index contributed by atoms with van der Waals surface area (Å²) in [4.78, 5) is 21.2. The van der Waals surface area contributed by atoms with Crippen molar-refractivity contribution >= 4 is 30.0 Å². The number of nitrogens with zero attached hydrogens (tertiary/aromatic N) is 3. The monoisotopic (exact) mass is 285 g/mol. The van der Waals surface area contributed by atoms with Crippen molar-refractivity contribution in [2.45, 2.75) is 6.10 Å². The van der Waals surface area contributed by atoms with Crippen molar-refractivity contribution < 1.29 is 18.9 Å². The third-order valence-corrected chi connectivity index (χ3v) is 3.03. The first-order valence-electron chi connectivity index (χ1n) is 5.35. The Labute approximate surface area is 112 Å². The molecule has 1 aromatic rings. The fraction of sp³-hybridized carbons (Fsp3) is 0.400. The van der Waals surface area contributed by atoms with Gasteiger partial charge in [-0.25, -0.2) is 4.79 Å². The lowest BCUT2D eigenvalue weighted by molar-refractivity contribution is -0.402. The molecule has 1 aliphatic heterocycles. The van der Waals surface area contributed by atoms with E-state index in [0.29, 0.717) is 12.3 Å². The van der Waals surface area contributed by atoms with Crippen LogP contribution in [0.15, 0.2) is 21.7 Å². The molecule has 1 unspecified atom stereocenters. The number of cyclic esters (lactones) is 1. The van der Waals surface area contributed by atoms with Gasteiger partial charge in [0.05, 0.1) is 18.8 Å². The second-order valence-electron chi connectivity index (χ2n) is 3.72. The number of furan rings is 1. The standard InChI is InChI=1S/C10H11N3O5S/c1-19-6-8-5-12(10(14)18-8)11-4-7-2-3-9(17-7)13(15)16/h2-4,8H,5-6H2,1H3. The molecule has 0 saturated carbocycles. The first-order chi connectivity index (χ1) is 9.10. The summed E-state index contributed by atoms with van der Waals surface area (Å²) in [5.41, 5.74) is 0. The van der Waals surface area contributed by atoms with Gasteiger partial charge in [0.15, 0.2) is 5.76 Å².